The van der Waals surface area contributed by atoms with Gasteiger partial charge in [0.05, 0.1) is 15.6 Å². The van der Waals surface area contributed by atoms with Crippen LogP contribution in [0.1, 0.15) is 69.8 Å². The maximum atomic E-state index is 13.3. The number of Topliss-reactive ketones (excluding diaryl/α,β-unsaturated/α-hetero) is 1. The number of allylic oxidation sites excluding steroid dienone is 3. The number of carbonyl (C=O) groups is 2. The highest BCUT2D eigenvalue weighted by Gasteiger charge is 2.39. The van der Waals surface area contributed by atoms with E-state index in [9.17, 15) is 9.59 Å². The number of hydrogen-bond donors (Lipinski definition) is 1. The van der Waals surface area contributed by atoms with Gasteiger partial charge in [0.1, 0.15) is 6.10 Å². The third-order valence-corrected chi connectivity index (χ3v) is 6.84. The van der Waals surface area contributed by atoms with Crippen molar-refractivity contribution in [2.75, 3.05) is 0 Å². The zero-order chi connectivity index (χ0) is 20.5. The first-order valence-electron chi connectivity index (χ1n) is 10.4. The minimum Gasteiger partial charge on any atom is -0.459 e. The number of dihydropyridines is 1. The van der Waals surface area contributed by atoms with Crippen molar-refractivity contribution in [1.82, 2.24) is 5.32 Å². The van der Waals surface area contributed by atoms with Gasteiger partial charge >= 0.3 is 5.97 Å². The van der Waals surface area contributed by atoms with E-state index in [1.54, 1.807) is 12.1 Å². The minimum atomic E-state index is -0.482. The van der Waals surface area contributed by atoms with Crippen LogP contribution in [0.4, 0.5) is 0 Å². The van der Waals surface area contributed by atoms with Gasteiger partial charge < -0.3 is 10.1 Å². The van der Waals surface area contributed by atoms with Gasteiger partial charge in [0.25, 0.3) is 0 Å². The fourth-order valence-electron chi connectivity index (χ4n) is 4.68. The highest BCUT2D eigenvalue weighted by Crippen LogP contribution is 2.44. The molecule has 0 spiro atoms. The van der Waals surface area contributed by atoms with Crippen molar-refractivity contribution in [2.45, 2.75) is 70.3 Å². The van der Waals surface area contributed by atoms with Crippen molar-refractivity contribution in [3.8, 4) is 0 Å². The lowest BCUT2D eigenvalue weighted by molar-refractivity contribution is -0.146. The standard InChI is InChI=1S/C23H25Cl2NO3/c1-13-20(23(28)29-15-6-3-2-4-7-15)21(14-10-11-16(24)17(25)12-14)22-18(26-13)8-5-9-19(22)27/h10-12,15,21,26H,2-9H2,1H3/t21-/m1/s1. The van der Waals surface area contributed by atoms with Crippen LogP contribution < -0.4 is 5.32 Å². The number of ether oxygens (including phenoxy) is 1. The van der Waals surface area contributed by atoms with E-state index in [0.29, 0.717) is 27.6 Å². The topological polar surface area (TPSA) is 55.4 Å². The van der Waals surface area contributed by atoms with Crippen LogP contribution in [0.3, 0.4) is 0 Å². The highest BCUT2D eigenvalue weighted by molar-refractivity contribution is 6.42. The molecule has 4 rings (SSSR count). The molecule has 1 saturated carbocycles. The number of ketones is 1. The molecule has 0 aromatic heterocycles. The summed E-state index contributed by atoms with van der Waals surface area (Å²) in [6, 6.07) is 5.32. The molecular weight excluding hydrogens is 409 g/mol. The van der Waals surface area contributed by atoms with Gasteiger partial charge in [-0.05, 0) is 63.1 Å². The second-order valence-electron chi connectivity index (χ2n) is 8.10. The molecule has 2 aliphatic carbocycles. The van der Waals surface area contributed by atoms with E-state index >= 15 is 0 Å². The monoisotopic (exact) mass is 433 g/mol. The Kier molecular flexibility index (Phi) is 6.03. The summed E-state index contributed by atoms with van der Waals surface area (Å²) in [5.74, 6) is -0.752. The predicted molar refractivity (Wildman–Crippen MR) is 114 cm³/mol. The number of nitrogens with one attached hydrogen (secondary N) is 1. The predicted octanol–water partition coefficient (Wildman–Crippen LogP) is 5.84. The first kappa shape index (κ1) is 20.5. The van der Waals surface area contributed by atoms with Gasteiger partial charge in [0.15, 0.2) is 5.78 Å². The summed E-state index contributed by atoms with van der Waals surface area (Å²) >= 11 is 12.4. The Morgan fingerprint density at radius 3 is 2.55 bits per heavy atom. The molecule has 0 bridgehead atoms. The molecule has 0 unspecified atom stereocenters. The van der Waals surface area contributed by atoms with Crippen molar-refractivity contribution < 1.29 is 14.3 Å². The van der Waals surface area contributed by atoms with Crippen LogP contribution in [0.25, 0.3) is 0 Å². The number of hydrogen-bond acceptors (Lipinski definition) is 4. The molecule has 0 amide bonds. The maximum Gasteiger partial charge on any atom is 0.337 e. The molecule has 1 aliphatic heterocycles. The molecule has 1 aromatic carbocycles. The molecule has 1 heterocycles. The largest absolute Gasteiger partial charge is 0.459 e. The molecule has 1 fully saturated rings. The van der Waals surface area contributed by atoms with E-state index in [-0.39, 0.29) is 17.9 Å². The lowest BCUT2D eigenvalue weighted by atomic mass is 9.75. The van der Waals surface area contributed by atoms with Crippen LogP contribution >= 0.6 is 23.2 Å². The normalized spacial score (nSPS) is 23.0. The zero-order valence-corrected chi connectivity index (χ0v) is 18.0. The molecule has 0 saturated heterocycles. The fraction of sp³-hybridized carbons (Fsp3) is 0.478. The van der Waals surface area contributed by atoms with Crippen LogP contribution in [0.5, 0.6) is 0 Å². The van der Waals surface area contributed by atoms with Crippen LogP contribution in [-0.2, 0) is 14.3 Å². The summed E-state index contributed by atoms with van der Waals surface area (Å²) in [6.45, 7) is 1.88. The number of benzene rings is 1. The van der Waals surface area contributed by atoms with Crippen LogP contribution in [0.2, 0.25) is 10.0 Å². The smallest absolute Gasteiger partial charge is 0.337 e. The summed E-state index contributed by atoms with van der Waals surface area (Å²) in [5, 5.41) is 4.17. The third kappa shape index (κ3) is 4.10. The number of carbonyl (C=O) groups excluding carboxylic acids is 2. The fourth-order valence-corrected chi connectivity index (χ4v) is 4.98. The van der Waals surface area contributed by atoms with Crippen molar-refractivity contribution in [1.29, 1.82) is 0 Å². The summed E-state index contributed by atoms with van der Waals surface area (Å²) in [7, 11) is 0. The van der Waals surface area contributed by atoms with E-state index in [1.165, 1.54) is 6.42 Å². The van der Waals surface area contributed by atoms with E-state index in [0.717, 1.165) is 55.5 Å². The second-order valence-corrected chi connectivity index (χ2v) is 8.92. The van der Waals surface area contributed by atoms with E-state index in [1.807, 2.05) is 13.0 Å². The molecule has 1 N–H and O–H groups in total. The molecule has 1 aromatic rings. The molecule has 4 nitrogen and oxygen atoms in total. The molecule has 29 heavy (non-hydrogen) atoms. The molecule has 1 atom stereocenters. The average Bonchev–Trinajstić information content (AvgIpc) is 2.70. The van der Waals surface area contributed by atoms with Crippen molar-refractivity contribution in [3.05, 3.63) is 56.3 Å². The SMILES string of the molecule is CC1=C(C(=O)OC2CCCCC2)[C@@H](c2ccc(Cl)c(Cl)c2)C2=C(CCCC2=O)N1. The Balaban J connectivity index is 1.75. The summed E-state index contributed by atoms with van der Waals surface area (Å²) < 4.78 is 5.89. The summed E-state index contributed by atoms with van der Waals surface area (Å²) in [5.41, 5.74) is 3.61. The van der Waals surface area contributed by atoms with Crippen molar-refractivity contribution in [3.63, 3.8) is 0 Å². The lowest BCUT2D eigenvalue weighted by Gasteiger charge is -2.35. The molecule has 0 radical (unpaired) electrons. The van der Waals surface area contributed by atoms with Crippen LogP contribution in [0, 0.1) is 0 Å². The van der Waals surface area contributed by atoms with Crippen LogP contribution in [-0.4, -0.2) is 17.9 Å². The van der Waals surface area contributed by atoms with Crippen molar-refractivity contribution >= 4 is 35.0 Å². The molecule has 3 aliphatic rings. The van der Waals surface area contributed by atoms with Gasteiger partial charge in [-0.1, -0.05) is 35.7 Å². The van der Waals surface area contributed by atoms with Gasteiger partial charge in [-0.25, -0.2) is 4.79 Å². The second kappa shape index (κ2) is 8.53. The highest BCUT2D eigenvalue weighted by atomic mass is 35.5. The molecule has 6 heteroatoms. The third-order valence-electron chi connectivity index (χ3n) is 6.10. The Labute approximate surface area is 181 Å². The van der Waals surface area contributed by atoms with Gasteiger partial charge in [0.2, 0.25) is 0 Å². The average molecular weight is 434 g/mol. The number of rotatable bonds is 3. The minimum absolute atomic E-state index is 0.0524. The molecule has 154 valence electrons. The first-order chi connectivity index (χ1) is 14.0. The Hall–Kier alpha value is -1.78. The van der Waals surface area contributed by atoms with Gasteiger partial charge in [-0.15, -0.1) is 0 Å². The van der Waals surface area contributed by atoms with E-state index in [2.05, 4.69) is 5.32 Å². The number of halogens is 2. The summed E-state index contributed by atoms with van der Waals surface area (Å²) in [4.78, 5) is 26.2. The number of esters is 1. The van der Waals surface area contributed by atoms with Crippen molar-refractivity contribution in [2.24, 2.45) is 0 Å². The summed E-state index contributed by atoms with van der Waals surface area (Å²) in [6.07, 6.45) is 7.19. The van der Waals surface area contributed by atoms with E-state index < -0.39 is 5.92 Å². The quantitative estimate of drug-likeness (QED) is 0.608. The van der Waals surface area contributed by atoms with Gasteiger partial charge in [-0.2, -0.15) is 0 Å². The lowest BCUT2D eigenvalue weighted by Crippen LogP contribution is -2.35. The van der Waals surface area contributed by atoms with Gasteiger partial charge in [0, 0.05) is 29.3 Å². The zero-order valence-electron chi connectivity index (χ0n) is 16.5. The Morgan fingerprint density at radius 2 is 1.83 bits per heavy atom. The maximum absolute atomic E-state index is 13.3. The Morgan fingerprint density at radius 1 is 1.07 bits per heavy atom. The van der Waals surface area contributed by atoms with E-state index in [4.69, 9.17) is 27.9 Å². The van der Waals surface area contributed by atoms with Crippen LogP contribution in [0.15, 0.2) is 40.7 Å². The molecular formula is C23H25Cl2NO3. The van der Waals surface area contributed by atoms with Gasteiger partial charge in [-0.3, -0.25) is 4.79 Å². The Bertz CT molecular complexity index is 913. The first-order valence-corrected chi connectivity index (χ1v) is 11.1.